The Labute approximate surface area is 81.4 Å². The molecule has 6 nitrogen and oxygen atoms in total. The summed E-state index contributed by atoms with van der Waals surface area (Å²) in [7, 11) is 0. The predicted molar refractivity (Wildman–Crippen MR) is 38.2 cm³/mol. The van der Waals surface area contributed by atoms with Crippen LogP contribution in [0, 0.1) is 0 Å². The van der Waals surface area contributed by atoms with Crippen molar-refractivity contribution >= 4 is 22.7 Å². The van der Waals surface area contributed by atoms with Gasteiger partial charge in [-0.15, -0.1) is 0 Å². The van der Waals surface area contributed by atoms with Gasteiger partial charge in [0.2, 0.25) is 0 Å². The van der Waals surface area contributed by atoms with E-state index in [1.165, 1.54) is 0 Å². The summed E-state index contributed by atoms with van der Waals surface area (Å²) in [6.07, 6.45) is -5.23. The van der Waals surface area contributed by atoms with E-state index in [0.29, 0.717) is 0 Å². The van der Waals surface area contributed by atoms with Crippen molar-refractivity contribution in [1.82, 2.24) is 0 Å². The highest BCUT2D eigenvalue weighted by atomic mass is 32.2. The van der Waals surface area contributed by atoms with Gasteiger partial charge >= 0.3 is 28.9 Å². The molecule has 0 rings (SSSR count). The lowest BCUT2D eigenvalue weighted by atomic mass is 10.3. The standard InChI is InChI=1S/C3H5F3O6S2/c1-2(3(4,5)6,11-13(7)8)12-14(9)10/h1H3,(H,7,8)(H,9,10). The molecule has 86 valence electrons. The van der Waals surface area contributed by atoms with E-state index in [2.05, 4.69) is 8.37 Å². The SMILES string of the molecule is CC(OS(=O)O)(OS(=O)O)C(F)(F)F. The Morgan fingerprint density at radius 3 is 1.50 bits per heavy atom. The van der Waals surface area contributed by atoms with Crippen molar-refractivity contribution in [2.75, 3.05) is 0 Å². The van der Waals surface area contributed by atoms with Crippen LogP contribution >= 0.6 is 0 Å². The van der Waals surface area contributed by atoms with Gasteiger partial charge in [-0.3, -0.25) is 9.11 Å². The van der Waals surface area contributed by atoms with Gasteiger partial charge < -0.3 is 0 Å². The number of halogens is 3. The fourth-order valence-electron chi connectivity index (χ4n) is 0.380. The topological polar surface area (TPSA) is 93.1 Å². The normalized spacial score (nSPS) is 21.3. The van der Waals surface area contributed by atoms with Gasteiger partial charge in [-0.25, -0.2) is 8.37 Å². The third kappa shape index (κ3) is 3.98. The monoisotopic (exact) mass is 258 g/mol. The summed E-state index contributed by atoms with van der Waals surface area (Å²) in [6, 6.07) is 0. The molecule has 0 heterocycles. The van der Waals surface area contributed by atoms with Crippen LogP contribution in [-0.2, 0) is 31.1 Å². The van der Waals surface area contributed by atoms with Crippen LogP contribution < -0.4 is 0 Å². The second-order valence-corrected chi connectivity index (χ2v) is 3.25. The molecule has 0 aromatic heterocycles. The molecule has 0 amide bonds. The van der Waals surface area contributed by atoms with Crippen LogP contribution in [0.3, 0.4) is 0 Å². The van der Waals surface area contributed by atoms with E-state index in [4.69, 9.17) is 9.11 Å². The molecule has 0 fully saturated rings. The maximum atomic E-state index is 12.1. The van der Waals surface area contributed by atoms with Crippen molar-refractivity contribution in [1.29, 1.82) is 0 Å². The average molecular weight is 258 g/mol. The Kier molecular flexibility index (Phi) is 4.61. The summed E-state index contributed by atoms with van der Waals surface area (Å²) in [5.41, 5.74) is 0. The molecular weight excluding hydrogens is 253 g/mol. The van der Waals surface area contributed by atoms with Crippen molar-refractivity contribution in [3.05, 3.63) is 0 Å². The second-order valence-electron chi connectivity index (χ2n) is 2.04. The Morgan fingerprint density at radius 1 is 1.07 bits per heavy atom. The first-order valence-electron chi connectivity index (χ1n) is 2.76. The summed E-state index contributed by atoms with van der Waals surface area (Å²) >= 11 is -6.58. The van der Waals surface area contributed by atoms with Crippen LogP contribution in [0.4, 0.5) is 13.2 Å². The zero-order chi connectivity index (χ0) is 11.6. The Balaban J connectivity index is 4.85. The molecular formula is C3H5F3O6S2. The highest BCUT2D eigenvalue weighted by molar-refractivity contribution is 7.74. The molecule has 0 saturated heterocycles. The fraction of sp³-hybridized carbons (Fsp3) is 1.00. The molecule has 0 aliphatic rings. The lowest BCUT2D eigenvalue weighted by molar-refractivity contribution is -0.311. The Morgan fingerprint density at radius 2 is 1.36 bits per heavy atom. The summed E-state index contributed by atoms with van der Waals surface area (Å²) in [6.45, 7) is 0.190. The summed E-state index contributed by atoms with van der Waals surface area (Å²) < 4.78 is 79.2. The fourth-order valence-corrected chi connectivity index (χ4v) is 1.22. The molecule has 0 spiro atoms. The lowest BCUT2D eigenvalue weighted by Crippen LogP contribution is -2.48. The average Bonchev–Trinajstić information content (AvgIpc) is 1.78. The Hall–Kier alpha value is -0.0700. The number of rotatable bonds is 4. The summed E-state index contributed by atoms with van der Waals surface area (Å²) in [5, 5.41) is 0. The van der Waals surface area contributed by atoms with Crippen LogP contribution in [0.5, 0.6) is 0 Å². The molecule has 2 unspecified atom stereocenters. The van der Waals surface area contributed by atoms with Gasteiger partial charge in [-0.1, -0.05) is 0 Å². The zero-order valence-electron chi connectivity index (χ0n) is 6.48. The van der Waals surface area contributed by atoms with Gasteiger partial charge in [0.15, 0.2) is 0 Å². The first-order valence-corrected chi connectivity index (χ1v) is 4.82. The van der Waals surface area contributed by atoms with Gasteiger partial charge in [0.1, 0.15) is 0 Å². The van der Waals surface area contributed by atoms with Crippen molar-refractivity contribution in [3.63, 3.8) is 0 Å². The van der Waals surface area contributed by atoms with Crippen LogP contribution in [0.2, 0.25) is 0 Å². The maximum absolute atomic E-state index is 12.1. The number of alkyl halides is 3. The van der Waals surface area contributed by atoms with E-state index in [-0.39, 0.29) is 6.92 Å². The lowest BCUT2D eigenvalue weighted by Gasteiger charge is -2.26. The molecule has 11 heteroatoms. The van der Waals surface area contributed by atoms with Crippen molar-refractivity contribution in [3.8, 4) is 0 Å². The van der Waals surface area contributed by atoms with E-state index >= 15 is 0 Å². The van der Waals surface area contributed by atoms with Gasteiger partial charge in [0, 0.05) is 6.92 Å². The van der Waals surface area contributed by atoms with Gasteiger partial charge in [0.05, 0.1) is 0 Å². The molecule has 14 heavy (non-hydrogen) atoms. The highest BCUT2D eigenvalue weighted by Gasteiger charge is 2.57. The van der Waals surface area contributed by atoms with E-state index in [1.54, 1.807) is 0 Å². The van der Waals surface area contributed by atoms with Gasteiger partial charge in [-0.05, 0) is 0 Å². The molecule has 0 aromatic rings. The van der Waals surface area contributed by atoms with Crippen molar-refractivity contribution in [2.45, 2.75) is 18.9 Å². The molecule has 0 aliphatic heterocycles. The number of hydrogen-bond acceptors (Lipinski definition) is 4. The summed E-state index contributed by atoms with van der Waals surface area (Å²) in [4.78, 5) is 0. The van der Waals surface area contributed by atoms with Crippen LogP contribution in [0.1, 0.15) is 6.92 Å². The summed E-state index contributed by atoms with van der Waals surface area (Å²) in [5.74, 6) is -3.62. The molecule has 0 aliphatic carbocycles. The third-order valence-electron chi connectivity index (χ3n) is 0.976. The zero-order valence-corrected chi connectivity index (χ0v) is 8.11. The van der Waals surface area contributed by atoms with Crippen LogP contribution in [-0.4, -0.2) is 29.5 Å². The minimum atomic E-state index is -5.23. The highest BCUT2D eigenvalue weighted by Crippen LogP contribution is 2.35. The minimum absolute atomic E-state index is 0.190. The Bertz CT molecular complexity index is 235. The molecule has 0 saturated carbocycles. The molecule has 2 atom stereocenters. The molecule has 2 N–H and O–H groups in total. The third-order valence-corrected chi connectivity index (χ3v) is 1.90. The van der Waals surface area contributed by atoms with E-state index < -0.39 is 34.7 Å². The quantitative estimate of drug-likeness (QED) is 0.565. The van der Waals surface area contributed by atoms with E-state index in [0.717, 1.165) is 0 Å². The molecule has 0 aromatic carbocycles. The maximum Gasteiger partial charge on any atom is 0.445 e. The van der Waals surface area contributed by atoms with E-state index in [9.17, 15) is 21.6 Å². The molecule has 0 radical (unpaired) electrons. The van der Waals surface area contributed by atoms with Crippen LogP contribution in [0.15, 0.2) is 0 Å². The molecule has 0 bridgehead atoms. The van der Waals surface area contributed by atoms with Gasteiger partial charge in [-0.2, -0.15) is 21.6 Å². The van der Waals surface area contributed by atoms with Crippen molar-refractivity contribution in [2.24, 2.45) is 0 Å². The van der Waals surface area contributed by atoms with Gasteiger partial charge in [0.25, 0.3) is 5.79 Å². The first kappa shape index (κ1) is 13.9. The minimum Gasteiger partial charge on any atom is -0.284 e. The largest absolute Gasteiger partial charge is 0.445 e. The smallest absolute Gasteiger partial charge is 0.284 e. The first-order chi connectivity index (χ1) is 6.08. The predicted octanol–water partition coefficient (Wildman–Crippen LogP) is 0.572. The second kappa shape index (κ2) is 4.63. The van der Waals surface area contributed by atoms with Crippen LogP contribution in [0.25, 0.3) is 0 Å². The van der Waals surface area contributed by atoms with E-state index in [1.807, 2.05) is 0 Å². The van der Waals surface area contributed by atoms with Crippen molar-refractivity contribution < 1.29 is 39.1 Å². The number of hydrogen-bond donors (Lipinski definition) is 2.